The number of hydrogen-bond donors (Lipinski definition) is 2. The number of nitrogens with two attached hydrogens (primary N) is 1. The number of fused-ring (bicyclic) bond motifs is 1. The van der Waals surface area contributed by atoms with Gasteiger partial charge in [-0.1, -0.05) is 0 Å². The maximum Gasteiger partial charge on any atom is 0.124 e. The first-order valence-corrected chi connectivity index (χ1v) is 9.79. The summed E-state index contributed by atoms with van der Waals surface area (Å²) >= 11 is 0. The van der Waals surface area contributed by atoms with Crippen molar-refractivity contribution in [2.75, 3.05) is 6.61 Å². The van der Waals surface area contributed by atoms with Crippen molar-refractivity contribution in [3.05, 3.63) is 41.0 Å². The monoisotopic (exact) mass is 394 g/mol. The van der Waals surface area contributed by atoms with Crippen LogP contribution in [0.5, 0.6) is 0 Å². The molecule has 6 nitrogen and oxygen atoms in total. The van der Waals surface area contributed by atoms with E-state index in [1.807, 2.05) is 10.9 Å². The number of ether oxygens (including phenoxy) is 1. The van der Waals surface area contributed by atoms with E-state index in [0.29, 0.717) is 31.7 Å². The molecule has 8 heteroatoms. The number of aromatic nitrogens is 2. The fraction of sp³-hybridized carbons (Fsp3) is 0.650. The molecule has 0 radical (unpaired) electrons. The molecule has 3 heterocycles. The molecule has 1 aliphatic carbocycles. The van der Waals surface area contributed by atoms with Crippen LogP contribution in [-0.4, -0.2) is 56.4 Å². The van der Waals surface area contributed by atoms with Crippen molar-refractivity contribution in [1.82, 2.24) is 14.7 Å². The van der Waals surface area contributed by atoms with Crippen LogP contribution in [0.3, 0.4) is 0 Å². The fourth-order valence-electron chi connectivity index (χ4n) is 4.37. The van der Waals surface area contributed by atoms with E-state index < -0.39 is 23.7 Å². The zero-order valence-electron chi connectivity index (χ0n) is 16.3. The smallest absolute Gasteiger partial charge is 0.124 e. The number of alkyl halides is 1. The summed E-state index contributed by atoms with van der Waals surface area (Å²) in [6.45, 7) is 5.85. The van der Waals surface area contributed by atoms with Crippen LogP contribution in [0.4, 0.5) is 8.78 Å². The third kappa shape index (κ3) is 3.91. The van der Waals surface area contributed by atoms with Crippen molar-refractivity contribution in [3.63, 3.8) is 0 Å². The van der Waals surface area contributed by atoms with Gasteiger partial charge < -0.3 is 15.6 Å². The molecule has 0 aromatic carbocycles. The second-order valence-corrected chi connectivity index (χ2v) is 8.75. The van der Waals surface area contributed by atoms with Gasteiger partial charge >= 0.3 is 0 Å². The summed E-state index contributed by atoms with van der Waals surface area (Å²) in [5.74, 6) is -0.423. The van der Waals surface area contributed by atoms with Crippen molar-refractivity contribution in [3.8, 4) is 0 Å². The van der Waals surface area contributed by atoms with Crippen LogP contribution >= 0.6 is 0 Å². The molecule has 0 saturated carbocycles. The molecule has 28 heavy (non-hydrogen) atoms. The van der Waals surface area contributed by atoms with Crippen LogP contribution in [-0.2, 0) is 24.4 Å². The van der Waals surface area contributed by atoms with Gasteiger partial charge in [0.2, 0.25) is 0 Å². The minimum atomic E-state index is -1.19. The van der Waals surface area contributed by atoms with Crippen molar-refractivity contribution >= 4 is 0 Å². The number of allylic oxidation sites excluding steroid dienone is 3. The maximum absolute atomic E-state index is 14.1. The number of aliphatic hydroxyl groups is 1. The third-order valence-corrected chi connectivity index (χ3v) is 5.73. The quantitative estimate of drug-likeness (QED) is 0.817. The Kier molecular flexibility index (Phi) is 5.16. The minimum absolute atomic E-state index is 0.00724. The Bertz CT molecular complexity index is 799. The molecule has 1 aromatic heterocycles. The van der Waals surface area contributed by atoms with Crippen LogP contribution in [0, 0.1) is 0 Å². The topological polar surface area (TPSA) is 76.5 Å². The molecule has 0 amide bonds. The summed E-state index contributed by atoms with van der Waals surface area (Å²) in [6.07, 6.45) is 3.16. The summed E-state index contributed by atoms with van der Waals surface area (Å²) in [5, 5.41) is 14.5. The molecule has 4 atom stereocenters. The molecule has 154 valence electrons. The Morgan fingerprint density at radius 2 is 2.18 bits per heavy atom. The molecule has 0 spiro atoms. The number of halogens is 2. The average molecular weight is 394 g/mol. The lowest BCUT2D eigenvalue weighted by Gasteiger charge is -2.40. The van der Waals surface area contributed by atoms with E-state index in [1.165, 1.54) is 12.2 Å². The van der Waals surface area contributed by atoms with E-state index in [2.05, 4.69) is 10.00 Å². The first kappa shape index (κ1) is 19.7. The number of nitrogens with zero attached hydrogens (tertiary/aromatic N) is 3. The lowest BCUT2D eigenvalue weighted by molar-refractivity contribution is -0.0368. The summed E-state index contributed by atoms with van der Waals surface area (Å²) in [7, 11) is 0. The van der Waals surface area contributed by atoms with Crippen molar-refractivity contribution in [2.24, 2.45) is 5.73 Å². The largest absolute Gasteiger partial charge is 0.389 e. The molecule has 4 rings (SSSR count). The van der Waals surface area contributed by atoms with Gasteiger partial charge in [0.05, 0.1) is 36.7 Å². The summed E-state index contributed by atoms with van der Waals surface area (Å²) in [5.41, 5.74) is 8.07. The molecule has 3 unspecified atom stereocenters. The minimum Gasteiger partial charge on any atom is -0.389 e. The molecule has 3 N–H and O–H groups in total. The predicted molar refractivity (Wildman–Crippen MR) is 101 cm³/mol. The van der Waals surface area contributed by atoms with Gasteiger partial charge in [-0.15, -0.1) is 0 Å². The highest BCUT2D eigenvalue weighted by molar-refractivity contribution is 5.31. The fourth-order valence-corrected chi connectivity index (χ4v) is 4.37. The zero-order valence-corrected chi connectivity index (χ0v) is 16.3. The SMILES string of the molecule is CC(C)(O)Cn1ncc2c1CN(C1CO[C@H](C3=C(F)C=CC(F)C3)C(N)C1)C2. The summed E-state index contributed by atoms with van der Waals surface area (Å²) < 4.78 is 35.6. The standard InChI is InChI=1S/C20H28F2N4O2/c1-20(2,27)11-26-18-9-25(8-12(18)7-24-26)14-6-17(23)19(28-10-14)15-5-13(21)3-4-16(15)22/h3-4,7,13-14,17,19,27H,5-6,8-11,23H2,1-2H3/t13?,14?,17?,19-/m1/s1. The molecule has 1 fully saturated rings. The molecule has 0 bridgehead atoms. The maximum atomic E-state index is 14.1. The van der Waals surface area contributed by atoms with Crippen LogP contribution < -0.4 is 5.73 Å². The molecule has 2 aliphatic heterocycles. The predicted octanol–water partition coefficient (Wildman–Crippen LogP) is 1.98. The van der Waals surface area contributed by atoms with Gasteiger partial charge in [0.1, 0.15) is 12.0 Å². The molecular formula is C20H28F2N4O2. The first-order chi connectivity index (χ1) is 13.2. The van der Waals surface area contributed by atoms with E-state index in [0.717, 1.165) is 17.8 Å². The van der Waals surface area contributed by atoms with Gasteiger partial charge in [-0.3, -0.25) is 9.58 Å². The number of rotatable bonds is 4. The highest BCUT2D eigenvalue weighted by atomic mass is 19.1. The molecule has 1 saturated heterocycles. The Morgan fingerprint density at radius 1 is 1.39 bits per heavy atom. The highest BCUT2D eigenvalue weighted by Crippen LogP contribution is 2.34. The van der Waals surface area contributed by atoms with E-state index >= 15 is 0 Å². The summed E-state index contributed by atoms with van der Waals surface area (Å²) in [4.78, 5) is 2.28. The normalized spacial score (nSPS) is 31.5. The van der Waals surface area contributed by atoms with Crippen LogP contribution in [0.15, 0.2) is 29.7 Å². The van der Waals surface area contributed by atoms with E-state index in [-0.39, 0.29) is 18.5 Å². The Morgan fingerprint density at radius 3 is 2.89 bits per heavy atom. The van der Waals surface area contributed by atoms with E-state index in [1.54, 1.807) is 13.8 Å². The lowest BCUT2D eigenvalue weighted by Crippen LogP contribution is -2.52. The van der Waals surface area contributed by atoms with E-state index in [4.69, 9.17) is 10.5 Å². The lowest BCUT2D eigenvalue weighted by atomic mass is 9.88. The Hall–Kier alpha value is -1.61. The third-order valence-electron chi connectivity index (χ3n) is 5.73. The van der Waals surface area contributed by atoms with Crippen molar-refractivity contribution in [2.45, 2.75) is 76.3 Å². The van der Waals surface area contributed by atoms with Crippen LogP contribution in [0.25, 0.3) is 0 Å². The molecule has 3 aliphatic rings. The van der Waals surface area contributed by atoms with Crippen molar-refractivity contribution < 1.29 is 18.6 Å². The summed E-state index contributed by atoms with van der Waals surface area (Å²) in [6, 6.07) is -0.270. The van der Waals surface area contributed by atoms with E-state index in [9.17, 15) is 13.9 Å². The van der Waals surface area contributed by atoms with Crippen molar-refractivity contribution in [1.29, 1.82) is 0 Å². The Labute approximate surface area is 163 Å². The highest BCUT2D eigenvalue weighted by Gasteiger charge is 2.38. The van der Waals surface area contributed by atoms with Gasteiger partial charge in [-0.25, -0.2) is 8.78 Å². The average Bonchev–Trinajstić information content (AvgIpc) is 3.18. The molecule has 1 aromatic rings. The van der Waals surface area contributed by atoms with Gasteiger partial charge in [-0.2, -0.15) is 5.10 Å². The number of hydrogen-bond acceptors (Lipinski definition) is 5. The van der Waals surface area contributed by atoms with Gasteiger partial charge in [0.15, 0.2) is 0 Å². The van der Waals surface area contributed by atoms with Gasteiger partial charge in [0.25, 0.3) is 0 Å². The first-order valence-electron chi connectivity index (χ1n) is 9.79. The van der Waals surface area contributed by atoms with Gasteiger partial charge in [-0.05, 0) is 38.0 Å². The second-order valence-electron chi connectivity index (χ2n) is 8.75. The van der Waals surface area contributed by atoms with Crippen LogP contribution in [0.1, 0.15) is 37.9 Å². The molecular weight excluding hydrogens is 366 g/mol. The Balaban J connectivity index is 1.41. The van der Waals surface area contributed by atoms with Crippen LogP contribution in [0.2, 0.25) is 0 Å². The zero-order chi connectivity index (χ0) is 20.1. The van der Waals surface area contributed by atoms with Gasteiger partial charge in [0, 0.05) is 37.2 Å². The second kappa shape index (κ2) is 7.33.